The first kappa shape index (κ1) is 18.5. The summed E-state index contributed by atoms with van der Waals surface area (Å²) in [5.41, 5.74) is 0.706. The molecule has 11 heteroatoms. The third-order valence-corrected chi connectivity index (χ3v) is 3.72. The lowest BCUT2D eigenvalue weighted by Crippen LogP contribution is -2.54. The van der Waals surface area contributed by atoms with Gasteiger partial charge in [0.25, 0.3) is 5.96 Å². The van der Waals surface area contributed by atoms with E-state index in [1.54, 1.807) is 42.5 Å². The summed E-state index contributed by atoms with van der Waals surface area (Å²) in [6.07, 6.45) is 0.675. The number of hydrogen-bond donors (Lipinski definition) is 0. The second-order valence-electron chi connectivity index (χ2n) is 5.40. The molecule has 2 aromatic rings. The van der Waals surface area contributed by atoms with Gasteiger partial charge in [0.05, 0.1) is 0 Å². The molecule has 1 aliphatic heterocycles. The smallest absolute Gasteiger partial charge is 0.410 e. The Hall–Kier alpha value is -3.24. The number of carbonyl (C=O) groups excluding carboxylic acids is 1. The topological polar surface area (TPSA) is 110 Å². The Morgan fingerprint density at radius 2 is 2.07 bits per heavy atom. The van der Waals surface area contributed by atoms with Crippen LogP contribution in [0.1, 0.15) is 5.56 Å². The normalized spacial score (nSPS) is 15.7. The van der Waals surface area contributed by atoms with Crippen LogP contribution in [0.2, 0.25) is 5.15 Å². The Bertz CT molecular complexity index is 846. The van der Waals surface area contributed by atoms with Gasteiger partial charge in [-0.2, -0.15) is 0 Å². The molecule has 1 amide bonds. The third kappa shape index (κ3) is 4.90. The number of ether oxygens (including phenoxy) is 2. The molecule has 3 rings (SSSR count). The molecule has 1 aliphatic rings. The van der Waals surface area contributed by atoms with Gasteiger partial charge in [-0.05, 0) is 23.8 Å². The number of aromatic nitrogens is 1. The average Bonchev–Trinajstić information content (AvgIpc) is 2.65. The van der Waals surface area contributed by atoms with Crippen molar-refractivity contribution >= 4 is 23.7 Å². The van der Waals surface area contributed by atoms with Gasteiger partial charge in [0.1, 0.15) is 29.5 Å². The number of pyridine rings is 1. The van der Waals surface area contributed by atoms with E-state index in [0.29, 0.717) is 16.5 Å². The summed E-state index contributed by atoms with van der Waals surface area (Å²) >= 11 is 5.76. The minimum absolute atomic E-state index is 0.00438. The summed E-state index contributed by atoms with van der Waals surface area (Å²) in [7, 11) is 0. The number of para-hydroxylation sites is 1. The van der Waals surface area contributed by atoms with Crippen molar-refractivity contribution in [1.82, 2.24) is 14.8 Å². The van der Waals surface area contributed by atoms with Crippen LogP contribution in [0.15, 0.2) is 53.8 Å². The van der Waals surface area contributed by atoms with E-state index >= 15 is 0 Å². The quantitative estimate of drug-likeness (QED) is 0.447. The molecule has 0 unspecified atom stereocenters. The van der Waals surface area contributed by atoms with Crippen LogP contribution in [0, 0.1) is 10.1 Å². The highest BCUT2D eigenvalue weighted by atomic mass is 35.5. The highest BCUT2D eigenvalue weighted by Gasteiger charge is 2.33. The molecule has 0 saturated carbocycles. The minimum Gasteiger partial charge on any atom is -0.410 e. The molecule has 140 valence electrons. The van der Waals surface area contributed by atoms with Crippen LogP contribution in [0.4, 0.5) is 4.79 Å². The maximum Gasteiger partial charge on any atom is 0.424 e. The molecule has 1 aromatic carbocycles. The molecule has 2 heterocycles. The molecule has 1 saturated heterocycles. The lowest BCUT2D eigenvalue weighted by atomic mass is 10.3. The fourth-order valence-electron chi connectivity index (χ4n) is 2.33. The van der Waals surface area contributed by atoms with E-state index in [2.05, 4.69) is 10.1 Å². The lowest BCUT2D eigenvalue weighted by molar-refractivity contribution is -0.486. The number of carbonyl (C=O) groups is 1. The molecule has 0 spiro atoms. The van der Waals surface area contributed by atoms with E-state index in [0.717, 1.165) is 4.90 Å². The standard InChI is InChI=1S/C16H14ClN5O5/c17-14-7-6-12(8-18-14)9-20-10-26-11-21(15(20)19-22(24)25)16(23)27-13-4-2-1-3-5-13/h1-8H,9-11H2. The number of nitro groups is 1. The summed E-state index contributed by atoms with van der Waals surface area (Å²) in [6.45, 7) is -0.0515. The molecule has 27 heavy (non-hydrogen) atoms. The predicted octanol–water partition coefficient (Wildman–Crippen LogP) is 2.53. The highest BCUT2D eigenvalue weighted by Crippen LogP contribution is 2.16. The molecule has 0 atom stereocenters. The van der Waals surface area contributed by atoms with Crippen LogP contribution in [0.25, 0.3) is 0 Å². The Kier molecular flexibility index (Phi) is 5.79. The van der Waals surface area contributed by atoms with Gasteiger partial charge in [-0.25, -0.2) is 24.8 Å². The maximum absolute atomic E-state index is 12.5. The summed E-state index contributed by atoms with van der Waals surface area (Å²) in [5.74, 6) is 0.101. The number of rotatable bonds is 4. The van der Waals surface area contributed by atoms with E-state index in [9.17, 15) is 14.9 Å². The van der Waals surface area contributed by atoms with Crippen molar-refractivity contribution in [2.24, 2.45) is 5.10 Å². The van der Waals surface area contributed by atoms with Gasteiger partial charge in [-0.1, -0.05) is 35.9 Å². The highest BCUT2D eigenvalue weighted by molar-refractivity contribution is 6.29. The van der Waals surface area contributed by atoms with Crippen molar-refractivity contribution in [3.8, 4) is 5.75 Å². The predicted molar refractivity (Wildman–Crippen MR) is 94.3 cm³/mol. The van der Waals surface area contributed by atoms with Crippen LogP contribution in [-0.4, -0.2) is 45.3 Å². The summed E-state index contributed by atoms with van der Waals surface area (Å²) in [5, 5.41) is 13.8. The third-order valence-electron chi connectivity index (χ3n) is 3.49. The Balaban J connectivity index is 1.81. The van der Waals surface area contributed by atoms with Crippen LogP contribution < -0.4 is 4.74 Å². The second-order valence-corrected chi connectivity index (χ2v) is 5.78. The Morgan fingerprint density at radius 3 is 2.74 bits per heavy atom. The monoisotopic (exact) mass is 391 g/mol. The molecular weight excluding hydrogens is 378 g/mol. The van der Waals surface area contributed by atoms with Crippen LogP contribution in [-0.2, 0) is 11.3 Å². The van der Waals surface area contributed by atoms with Crippen molar-refractivity contribution < 1.29 is 19.3 Å². The number of hydrazone groups is 1. The van der Waals surface area contributed by atoms with Gasteiger partial charge in [0, 0.05) is 12.7 Å². The molecule has 0 radical (unpaired) electrons. The fraction of sp³-hybridized carbons (Fsp3) is 0.188. The first-order valence-corrected chi connectivity index (χ1v) is 8.11. The van der Waals surface area contributed by atoms with Crippen molar-refractivity contribution in [1.29, 1.82) is 0 Å². The van der Waals surface area contributed by atoms with Crippen molar-refractivity contribution in [2.75, 3.05) is 13.5 Å². The van der Waals surface area contributed by atoms with E-state index in [-0.39, 0.29) is 26.0 Å². The van der Waals surface area contributed by atoms with Gasteiger partial charge in [0.15, 0.2) is 5.03 Å². The first-order chi connectivity index (χ1) is 13.0. The molecule has 0 bridgehead atoms. The number of nitrogens with zero attached hydrogens (tertiary/aromatic N) is 5. The molecule has 10 nitrogen and oxygen atoms in total. The number of benzene rings is 1. The van der Waals surface area contributed by atoms with Crippen molar-refractivity contribution in [3.63, 3.8) is 0 Å². The summed E-state index contributed by atoms with van der Waals surface area (Å²) in [4.78, 5) is 29.8. The SMILES string of the molecule is O=C(Oc1ccccc1)N1COCN(Cc2ccc(Cl)nc2)C1=N[N+](=O)[O-]. The van der Waals surface area contributed by atoms with Crippen LogP contribution in [0.5, 0.6) is 5.75 Å². The second kappa shape index (κ2) is 8.43. The molecule has 0 N–H and O–H groups in total. The minimum atomic E-state index is -0.878. The largest absolute Gasteiger partial charge is 0.424 e. The zero-order chi connectivity index (χ0) is 19.2. The first-order valence-electron chi connectivity index (χ1n) is 7.73. The number of halogens is 1. The molecule has 1 fully saturated rings. The Morgan fingerprint density at radius 1 is 1.30 bits per heavy atom. The fourth-order valence-corrected chi connectivity index (χ4v) is 2.45. The van der Waals surface area contributed by atoms with Crippen molar-refractivity contribution in [2.45, 2.75) is 6.54 Å². The van der Waals surface area contributed by atoms with Crippen LogP contribution in [0.3, 0.4) is 0 Å². The van der Waals surface area contributed by atoms with E-state index in [4.69, 9.17) is 21.1 Å². The van der Waals surface area contributed by atoms with Gasteiger partial charge in [0.2, 0.25) is 0 Å². The van der Waals surface area contributed by atoms with Gasteiger partial charge < -0.3 is 14.4 Å². The Labute approximate surface area is 158 Å². The maximum atomic E-state index is 12.5. The van der Waals surface area contributed by atoms with Gasteiger partial charge >= 0.3 is 6.09 Å². The number of guanidine groups is 1. The van der Waals surface area contributed by atoms with Gasteiger partial charge in [-0.3, -0.25) is 0 Å². The zero-order valence-electron chi connectivity index (χ0n) is 13.9. The lowest BCUT2D eigenvalue weighted by Gasteiger charge is -2.34. The van der Waals surface area contributed by atoms with Crippen molar-refractivity contribution in [3.05, 3.63) is 69.5 Å². The number of hydrogen-bond acceptors (Lipinski definition) is 6. The van der Waals surface area contributed by atoms with E-state index < -0.39 is 11.1 Å². The molecule has 1 aromatic heterocycles. The molecule has 0 aliphatic carbocycles. The van der Waals surface area contributed by atoms with E-state index in [1.165, 1.54) is 11.1 Å². The summed E-state index contributed by atoms with van der Waals surface area (Å²) in [6, 6.07) is 11.6. The number of amides is 1. The zero-order valence-corrected chi connectivity index (χ0v) is 14.7. The van der Waals surface area contributed by atoms with Crippen LogP contribution >= 0.6 is 11.6 Å². The average molecular weight is 392 g/mol. The van der Waals surface area contributed by atoms with Gasteiger partial charge in [-0.15, -0.1) is 0 Å². The van der Waals surface area contributed by atoms with E-state index in [1.807, 2.05) is 0 Å². The summed E-state index contributed by atoms with van der Waals surface area (Å²) < 4.78 is 10.6. The molecular formula is C16H14ClN5O5.